The molecule has 1 saturated heterocycles. The van der Waals surface area contributed by atoms with Gasteiger partial charge in [0.05, 0.1) is 10.9 Å². The summed E-state index contributed by atoms with van der Waals surface area (Å²) in [6.45, 7) is 2.84. The van der Waals surface area contributed by atoms with Crippen LogP contribution in [0, 0.1) is 5.82 Å². The molecule has 5 rings (SSSR count). The first-order chi connectivity index (χ1) is 20.7. The van der Waals surface area contributed by atoms with Gasteiger partial charge in [-0.25, -0.2) is 14.0 Å². The van der Waals surface area contributed by atoms with E-state index in [1.54, 1.807) is 29.2 Å². The summed E-state index contributed by atoms with van der Waals surface area (Å²) in [6, 6.07) is 16.5. The SMILES string of the molecule is O=C(Nc1noc2ccccc12)N1CCN(Cc2cccc(Oc3ccc(F)c(C(F)(F)F)c3)c2)CC1.O=C(O)C(F)(F)F. The number of nitrogens with zero attached hydrogens (tertiary/aromatic N) is 3. The highest BCUT2D eigenvalue weighted by molar-refractivity contribution is 5.98. The van der Waals surface area contributed by atoms with E-state index in [1.807, 2.05) is 24.3 Å². The minimum absolute atomic E-state index is 0.106. The van der Waals surface area contributed by atoms with Crippen LogP contribution in [0.3, 0.4) is 0 Å². The zero-order chi connectivity index (χ0) is 32.1. The zero-order valence-electron chi connectivity index (χ0n) is 22.5. The van der Waals surface area contributed by atoms with Crippen molar-refractivity contribution < 1.29 is 54.7 Å². The van der Waals surface area contributed by atoms with Crippen LogP contribution in [0.15, 0.2) is 71.3 Å². The molecule has 4 aromatic rings. The molecule has 1 aliphatic heterocycles. The van der Waals surface area contributed by atoms with Crippen molar-refractivity contribution in [2.24, 2.45) is 0 Å². The summed E-state index contributed by atoms with van der Waals surface area (Å²) in [5.41, 5.74) is 0.108. The third kappa shape index (κ3) is 8.37. The number of hydrogen-bond acceptors (Lipinski definition) is 6. The van der Waals surface area contributed by atoms with Crippen molar-refractivity contribution in [3.8, 4) is 11.5 Å². The van der Waals surface area contributed by atoms with Crippen molar-refractivity contribution in [2.45, 2.75) is 18.9 Å². The van der Waals surface area contributed by atoms with Gasteiger partial charge < -0.3 is 19.3 Å². The van der Waals surface area contributed by atoms with E-state index in [-0.39, 0.29) is 11.8 Å². The molecule has 0 spiro atoms. The summed E-state index contributed by atoms with van der Waals surface area (Å²) in [7, 11) is 0. The monoisotopic (exact) mass is 628 g/mol. The fourth-order valence-electron chi connectivity index (χ4n) is 4.15. The number of benzene rings is 3. The number of aromatic nitrogens is 1. The van der Waals surface area contributed by atoms with Gasteiger partial charge in [-0.2, -0.15) is 26.3 Å². The van der Waals surface area contributed by atoms with Crippen LogP contribution in [-0.4, -0.2) is 64.4 Å². The Labute approximate surface area is 244 Å². The number of nitrogens with one attached hydrogen (secondary N) is 1. The lowest BCUT2D eigenvalue weighted by Gasteiger charge is -2.34. The van der Waals surface area contributed by atoms with Gasteiger partial charge in [0.15, 0.2) is 11.4 Å². The van der Waals surface area contributed by atoms with Gasteiger partial charge >= 0.3 is 24.4 Å². The molecular formula is C28H23F7N4O5. The second-order valence-electron chi connectivity index (χ2n) is 9.41. The third-order valence-corrected chi connectivity index (χ3v) is 6.29. The smallest absolute Gasteiger partial charge is 0.475 e. The Balaban J connectivity index is 0.000000566. The molecule has 0 atom stereocenters. The average molecular weight is 629 g/mol. The molecule has 1 aromatic heterocycles. The van der Waals surface area contributed by atoms with E-state index < -0.39 is 29.7 Å². The maximum absolute atomic E-state index is 13.5. The second-order valence-corrected chi connectivity index (χ2v) is 9.41. The van der Waals surface area contributed by atoms with E-state index in [4.69, 9.17) is 19.2 Å². The number of amides is 2. The van der Waals surface area contributed by atoms with E-state index in [0.29, 0.717) is 55.9 Å². The maximum atomic E-state index is 13.5. The van der Waals surface area contributed by atoms with Crippen LogP contribution < -0.4 is 10.1 Å². The van der Waals surface area contributed by atoms with Gasteiger partial charge in [0.2, 0.25) is 0 Å². The fraction of sp³-hybridized carbons (Fsp3) is 0.250. The molecule has 1 aliphatic rings. The molecule has 3 aromatic carbocycles. The van der Waals surface area contributed by atoms with Gasteiger partial charge in [0, 0.05) is 32.7 Å². The summed E-state index contributed by atoms with van der Waals surface area (Å²) in [5.74, 6) is -3.49. The Kier molecular flexibility index (Phi) is 9.62. The van der Waals surface area contributed by atoms with Crippen LogP contribution in [0.5, 0.6) is 11.5 Å². The lowest BCUT2D eigenvalue weighted by Crippen LogP contribution is -2.49. The van der Waals surface area contributed by atoms with Gasteiger partial charge in [0.25, 0.3) is 0 Å². The van der Waals surface area contributed by atoms with E-state index in [9.17, 15) is 35.5 Å². The van der Waals surface area contributed by atoms with Crippen LogP contribution >= 0.6 is 0 Å². The number of piperazine rings is 1. The molecule has 0 radical (unpaired) electrons. The van der Waals surface area contributed by atoms with E-state index in [2.05, 4.69) is 15.4 Å². The van der Waals surface area contributed by atoms with Crippen LogP contribution in [0.2, 0.25) is 0 Å². The van der Waals surface area contributed by atoms with E-state index in [1.165, 1.54) is 0 Å². The van der Waals surface area contributed by atoms with E-state index in [0.717, 1.165) is 23.1 Å². The number of ether oxygens (including phenoxy) is 1. The minimum Gasteiger partial charge on any atom is -0.475 e. The molecule has 0 unspecified atom stereocenters. The molecule has 2 amide bonds. The maximum Gasteiger partial charge on any atom is 0.490 e. The van der Waals surface area contributed by atoms with Crippen LogP contribution in [0.1, 0.15) is 11.1 Å². The highest BCUT2D eigenvalue weighted by Gasteiger charge is 2.38. The third-order valence-electron chi connectivity index (χ3n) is 6.29. The molecule has 0 bridgehead atoms. The van der Waals surface area contributed by atoms with Crippen LogP contribution in [0.4, 0.5) is 41.3 Å². The Bertz CT molecular complexity index is 1620. The number of carboxylic acids is 1. The molecule has 2 N–H and O–H groups in total. The van der Waals surface area contributed by atoms with Crippen LogP contribution in [-0.2, 0) is 17.5 Å². The van der Waals surface area contributed by atoms with E-state index >= 15 is 0 Å². The quantitative estimate of drug-likeness (QED) is 0.235. The lowest BCUT2D eigenvalue weighted by atomic mass is 10.1. The molecule has 1 fully saturated rings. The topological polar surface area (TPSA) is 108 Å². The average Bonchev–Trinajstić information content (AvgIpc) is 3.36. The van der Waals surface area contributed by atoms with Crippen molar-refractivity contribution in [1.82, 2.24) is 15.0 Å². The van der Waals surface area contributed by atoms with Crippen LogP contribution in [0.25, 0.3) is 11.0 Å². The standard InChI is InChI=1S/C26H22F4N4O3.C2HF3O2/c27-22-9-8-19(15-21(22)26(28,29)30)36-18-5-3-4-17(14-18)16-33-10-12-34(13-11-33)25(35)31-24-20-6-1-2-7-23(20)37-32-24;3-2(4,5)1(6)7/h1-9,14-15H,10-13,16H2,(H,31,32,35);(H,6,7). The number of carbonyl (C=O) groups is 2. The number of urea groups is 1. The normalized spacial score (nSPS) is 14.1. The summed E-state index contributed by atoms with van der Waals surface area (Å²) >= 11 is 0. The molecule has 0 saturated carbocycles. The van der Waals surface area contributed by atoms with Gasteiger partial charge in [-0.1, -0.05) is 29.4 Å². The number of fused-ring (bicyclic) bond motifs is 1. The number of carboxylic acid groups (broad SMARTS) is 1. The predicted octanol–water partition coefficient (Wildman–Crippen LogP) is 6.76. The fourth-order valence-corrected chi connectivity index (χ4v) is 4.15. The van der Waals surface area contributed by atoms with Crippen molar-refractivity contribution in [3.05, 3.63) is 83.7 Å². The molecule has 44 heavy (non-hydrogen) atoms. The number of alkyl halides is 6. The molecule has 2 heterocycles. The highest BCUT2D eigenvalue weighted by atomic mass is 19.4. The predicted molar refractivity (Wildman–Crippen MR) is 141 cm³/mol. The number of carbonyl (C=O) groups excluding carboxylic acids is 1. The summed E-state index contributed by atoms with van der Waals surface area (Å²) in [6.07, 6.45) is -9.90. The Morgan fingerprint density at radius 2 is 1.57 bits per heavy atom. The second kappa shape index (κ2) is 13.2. The summed E-state index contributed by atoms with van der Waals surface area (Å²) in [5, 5.41) is 14.6. The first-order valence-corrected chi connectivity index (χ1v) is 12.8. The lowest BCUT2D eigenvalue weighted by molar-refractivity contribution is -0.192. The van der Waals surface area contributed by atoms with Crippen molar-refractivity contribution in [2.75, 3.05) is 31.5 Å². The first-order valence-electron chi connectivity index (χ1n) is 12.8. The first kappa shape index (κ1) is 32.1. The Morgan fingerprint density at radius 3 is 2.23 bits per heavy atom. The summed E-state index contributed by atoms with van der Waals surface area (Å²) < 4.78 is 95.0. The van der Waals surface area contributed by atoms with Crippen molar-refractivity contribution >= 4 is 28.8 Å². The number of anilines is 1. The van der Waals surface area contributed by atoms with Gasteiger partial charge in [-0.3, -0.25) is 10.2 Å². The number of rotatable bonds is 5. The van der Waals surface area contributed by atoms with Crippen molar-refractivity contribution in [1.29, 1.82) is 0 Å². The molecule has 16 heteroatoms. The molecule has 9 nitrogen and oxygen atoms in total. The minimum atomic E-state index is -5.08. The molecule has 0 aliphatic carbocycles. The number of aliphatic carboxylic acids is 1. The number of para-hydroxylation sites is 1. The Morgan fingerprint density at radius 1 is 0.909 bits per heavy atom. The largest absolute Gasteiger partial charge is 0.490 e. The highest BCUT2D eigenvalue weighted by Crippen LogP contribution is 2.35. The summed E-state index contributed by atoms with van der Waals surface area (Å²) in [4.78, 5) is 25.5. The Hall–Kier alpha value is -4.86. The zero-order valence-corrected chi connectivity index (χ0v) is 22.5. The van der Waals surface area contributed by atoms with Crippen molar-refractivity contribution in [3.63, 3.8) is 0 Å². The molecular weight excluding hydrogens is 605 g/mol. The number of halogens is 7. The van der Waals surface area contributed by atoms with Gasteiger partial charge in [-0.05, 0) is 48.0 Å². The molecule has 234 valence electrons. The van der Waals surface area contributed by atoms with Gasteiger partial charge in [-0.15, -0.1) is 0 Å². The van der Waals surface area contributed by atoms with Gasteiger partial charge in [0.1, 0.15) is 17.3 Å². The number of hydrogen-bond donors (Lipinski definition) is 2.